The van der Waals surface area contributed by atoms with E-state index in [1.165, 1.54) is 11.5 Å². The first-order valence-electron chi connectivity index (χ1n) is 5.23. The van der Waals surface area contributed by atoms with E-state index < -0.39 is 23.0 Å². The highest BCUT2D eigenvalue weighted by molar-refractivity contribution is 5.59. The molecule has 0 amide bonds. The Kier molecular flexibility index (Phi) is 2.90. The lowest BCUT2D eigenvalue weighted by Gasteiger charge is -2.20. The number of alkyl halides is 3. The molecule has 100 valence electrons. The molecule has 18 heavy (non-hydrogen) atoms. The Morgan fingerprint density at radius 3 is 2.61 bits per heavy atom. The molecule has 2 rings (SSSR count). The predicted octanol–water partition coefficient (Wildman–Crippen LogP) is 2.19. The molecular weight excluding hydrogens is 251 g/mol. The maximum atomic E-state index is 12.7. The highest BCUT2D eigenvalue weighted by Crippen LogP contribution is 2.43. The van der Waals surface area contributed by atoms with E-state index in [9.17, 15) is 13.2 Å². The minimum Gasteiger partial charge on any atom is -0.485 e. The van der Waals surface area contributed by atoms with Gasteiger partial charge in [0, 0.05) is 12.0 Å². The molecule has 1 aliphatic heterocycles. The number of hydrogen-bond acceptors (Lipinski definition) is 4. The van der Waals surface area contributed by atoms with Crippen molar-refractivity contribution in [1.29, 1.82) is 0 Å². The van der Waals surface area contributed by atoms with Crippen molar-refractivity contribution in [3.05, 3.63) is 23.3 Å². The summed E-state index contributed by atoms with van der Waals surface area (Å²) in [6, 6.07) is 2.01. The molecule has 3 N–H and O–H groups in total. The van der Waals surface area contributed by atoms with E-state index in [0.717, 1.165) is 6.07 Å². The number of ether oxygens (including phenoxy) is 1. The molecule has 1 aromatic carbocycles. The van der Waals surface area contributed by atoms with Crippen LogP contribution < -0.4 is 10.2 Å². The van der Waals surface area contributed by atoms with Crippen molar-refractivity contribution < 1.29 is 28.2 Å². The Morgan fingerprint density at radius 2 is 2.11 bits per heavy atom. The van der Waals surface area contributed by atoms with Crippen LogP contribution in [0.5, 0.6) is 5.75 Å². The molecule has 0 aliphatic carbocycles. The van der Waals surface area contributed by atoms with Gasteiger partial charge in [-0.05, 0) is 19.1 Å². The molecular formula is C11H12F3NO3. The van der Waals surface area contributed by atoms with Crippen LogP contribution in [0.25, 0.3) is 0 Å². The van der Waals surface area contributed by atoms with E-state index >= 15 is 0 Å². The van der Waals surface area contributed by atoms with Crippen molar-refractivity contribution in [3.63, 3.8) is 0 Å². The van der Waals surface area contributed by atoms with E-state index in [-0.39, 0.29) is 18.8 Å². The smallest absolute Gasteiger partial charge is 0.418 e. The van der Waals surface area contributed by atoms with Crippen LogP contribution in [0.1, 0.15) is 18.1 Å². The van der Waals surface area contributed by atoms with Gasteiger partial charge in [-0.3, -0.25) is 10.7 Å². The first-order chi connectivity index (χ1) is 8.29. The van der Waals surface area contributed by atoms with E-state index in [1.54, 1.807) is 6.92 Å². The Morgan fingerprint density at radius 1 is 1.44 bits per heavy atom. The molecule has 1 aliphatic rings. The zero-order chi connectivity index (χ0) is 13.6. The number of aliphatic hydroxyl groups is 1. The zero-order valence-corrected chi connectivity index (χ0v) is 9.51. The maximum Gasteiger partial charge on any atom is 0.418 e. The summed E-state index contributed by atoms with van der Waals surface area (Å²) in [7, 11) is 0. The third-order valence-corrected chi connectivity index (χ3v) is 2.88. The van der Waals surface area contributed by atoms with Gasteiger partial charge in [-0.2, -0.15) is 13.2 Å². The fraction of sp³-hybridized carbons (Fsp3) is 0.455. The van der Waals surface area contributed by atoms with Gasteiger partial charge in [0.1, 0.15) is 11.4 Å². The highest BCUT2D eigenvalue weighted by atomic mass is 19.4. The topological polar surface area (TPSA) is 61.7 Å². The third-order valence-electron chi connectivity index (χ3n) is 2.88. The van der Waals surface area contributed by atoms with Crippen molar-refractivity contribution >= 4 is 5.69 Å². The van der Waals surface area contributed by atoms with Crippen molar-refractivity contribution in [2.45, 2.75) is 25.1 Å². The summed E-state index contributed by atoms with van der Waals surface area (Å²) in [5, 5.41) is 17.9. The summed E-state index contributed by atoms with van der Waals surface area (Å²) in [6.07, 6.45) is -4.31. The van der Waals surface area contributed by atoms with Crippen LogP contribution in [-0.2, 0) is 12.6 Å². The molecule has 0 aromatic heterocycles. The van der Waals surface area contributed by atoms with Gasteiger partial charge in [-0.1, -0.05) is 0 Å². The van der Waals surface area contributed by atoms with Crippen molar-refractivity contribution in [2.75, 3.05) is 12.1 Å². The lowest BCUT2D eigenvalue weighted by Crippen LogP contribution is -2.34. The fourth-order valence-corrected chi connectivity index (χ4v) is 1.98. The Labute approximate surface area is 101 Å². The lowest BCUT2D eigenvalue weighted by molar-refractivity contribution is -0.137. The van der Waals surface area contributed by atoms with Crippen LogP contribution in [-0.4, -0.2) is 22.5 Å². The second-order valence-electron chi connectivity index (χ2n) is 4.50. The van der Waals surface area contributed by atoms with Gasteiger partial charge in [0.25, 0.3) is 0 Å². The summed E-state index contributed by atoms with van der Waals surface area (Å²) in [5.41, 5.74) is -0.300. The number of rotatable bonds is 2. The van der Waals surface area contributed by atoms with Crippen LogP contribution in [0, 0.1) is 0 Å². The fourth-order valence-electron chi connectivity index (χ4n) is 1.98. The molecule has 1 heterocycles. The molecule has 0 saturated heterocycles. The average Bonchev–Trinajstić information content (AvgIpc) is 2.62. The summed E-state index contributed by atoms with van der Waals surface area (Å²) in [6.45, 7) is 1.30. The number of hydrogen-bond donors (Lipinski definition) is 3. The summed E-state index contributed by atoms with van der Waals surface area (Å²) >= 11 is 0. The number of benzene rings is 1. The van der Waals surface area contributed by atoms with E-state index in [2.05, 4.69) is 0 Å². The van der Waals surface area contributed by atoms with Crippen molar-refractivity contribution in [3.8, 4) is 5.75 Å². The maximum absolute atomic E-state index is 12.7. The SMILES string of the molecule is CC1(CO)Cc2cc(NO)c(C(F)(F)F)cc2O1. The first-order valence-corrected chi connectivity index (χ1v) is 5.23. The van der Waals surface area contributed by atoms with Gasteiger partial charge >= 0.3 is 6.18 Å². The first kappa shape index (κ1) is 13.0. The van der Waals surface area contributed by atoms with Crippen molar-refractivity contribution in [2.24, 2.45) is 0 Å². The minimum atomic E-state index is -4.60. The largest absolute Gasteiger partial charge is 0.485 e. The van der Waals surface area contributed by atoms with E-state index in [1.807, 2.05) is 0 Å². The zero-order valence-electron chi connectivity index (χ0n) is 9.51. The van der Waals surface area contributed by atoms with E-state index in [4.69, 9.17) is 15.1 Å². The number of halogens is 3. The molecule has 7 heteroatoms. The second kappa shape index (κ2) is 4.03. The summed E-state index contributed by atoms with van der Waals surface area (Å²) < 4.78 is 43.5. The van der Waals surface area contributed by atoms with Gasteiger partial charge in [0.05, 0.1) is 17.9 Å². The van der Waals surface area contributed by atoms with Crippen LogP contribution in [0.15, 0.2) is 12.1 Å². The Balaban J connectivity index is 2.48. The monoisotopic (exact) mass is 263 g/mol. The summed E-state index contributed by atoms with van der Waals surface area (Å²) in [4.78, 5) is 0. The molecule has 0 fully saturated rings. The minimum absolute atomic E-state index is 0.0814. The summed E-state index contributed by atoms with van der Waals surface area (Å²) in [5.74, 6) is 0.0814. The number of fused-ring (bicyclic) bond motifs is 1. The van der Waals surface area contributed by atoms with Gasteiger partial charge in [0.15, 0.2) is 0 Å². The van der Waals surface area contributed by atoms with E-state index in [0.29, 0.717) is 5.56 Å². The quantitative estimate of drug-likeness (QED) is 0.716. The standard InChI is InChI=1S/C11H12F3NO3/c1-10(5-16)4-6-2-8(15-17)7(11(12,13)14)3-9(6)18-10/h2-3,15-17H,4-5H2,1H3. The van der Waals surface area contributed by atoms with Gasteiger partial charge in [-0.15, -0.1) is 0 Å². The molecule has 4 nitrogen and oxygen atoms in total. The second-order valence-corrected chi connectivity index (χ2v) is 4.50. The number of aliphatic hydroxyl groups excluding tert-OH is 1. The highest BCUT2D eigenvalue weighted by Gasteiger charge is 2.39. The molecule has 1 aromatic rings. The van der Waals surface area contributed by atoms with Crippen LogP contribution in [0.2, 0.25) is 0 Å². The number of nitrogens with one attached hydrogen (secondary N) is 1. The van der Waals surface area contributed by atoms with Crippen LogP contribution in [0.4, 0.5) is 18.9 Å². The molecule has 0 spiro atoms. The normalized spacial score (nSPS) is 22.6. The number of anilines is 1. The lowest BCUT2D eigenvalue weighted by atomic mass is 9.99. The molecule has 0 radical (unpaired) electrons. The van der Waals surface area contributed by atoms with Crippen LogP contribution >= 0.6 is 0 Å². The molecule has 0 bridgehead atoms. The molecule has 1 atom stereocenters. The third kappa shape index (κ3) is 2.11. The average molecular weight is 263 g/mol. The van der Waals surface area contributed by atoms with Gasteiger partial charge in [0.2, 0.25) is 0 Å². The predicted molar refractivity (Wildman–Crippen MR) is 56.7 cm³/mol. The molecule has 0 saturated carbocycles. The Bertz CT molecular complexity index is 475. The van der Waals surface area contributed by atoms with Crippen LogP contribution in [0.3, 0.4) is 0 Å². The molecule has 1 unspecified atom stereocenters. The van der Waals surface area contributed by atoms with Gasteiger partial charge < -0.3 is 9.84 Å². The Hall–Kier alpha value is -1.47. The van der Waals surface area contributed by atoms with Crippen molar-refractivity contribution in [1.82, 2.24) is 0 Å². The van der Waals surface area contributed by atoms with Gasteiger partial charge in [-0.25, -0.2) is 0 Å².